The van der Waals surface area contributed by atoms with Crippen LogP contribution in [0.25, 0.3) is 11.3 Å². The van der Waals surface area contributed by atoms with Gasteiger partial charge in [0.25, 0.3) is 0 Å². The Kier molecular flexibility index (Phi) is 10.5. The molecule has 7 heteroatoms. The first-order valence-electron chi connectivity index (χ1n) is 7.37. The summed E-state index contributed by atoms with van der Waals surface area (Å²) >= 11 is 0. The topological polar surface area (TPSA) is 62.7 Å². The van der Waals surface area contributed by atoms with Crippen molar-refractivity contribution in [2.24, 2.45) is 0 Å². The molecule has 0 saturated heterocycles. The van der Waals surface area contributed by atoms with Gasteiger partial charge in [0.2, 0.25) is 5.95 Å². The van der Waals surface area contributed by atoms with Gasteiger partial charge >= 0.3 is 0 Å². The zero-order valence-corrected chi connectivity index (χ0v) is 15.4. The highest BCUT2D eigenvalue weighted by atomic mass is 35.5. The third-order valence-corrected chi connectivity index (χ3v) is 3.29. The average Bonchev–Trinajstić information content (AvgIpc) is 2.47. The van der Waals surface area contributed by atoms with E-state index in [-0.39, 0.29) is 24.8 Å². The van der Waals surface area contributed by atoms with Crippen LogP contribution in [-0.2, 0) is 0 Å². The van der Waals surface area contributed by atoms with Crippen molar-refractivity contribution >= 4 is 30.8 Å². The molecule has 2 aromatic rings. The van der Waals surface area contributed by atoms with Crippen molar-refractivity contribution in [3.05, 3.63) is 35.8 Å². The Morgan fingerprint density at radius 3 is 2.39 bits per heavy atom. The summed E-state index contributed by atoms with van der Waals surface area (Å²) in [5, 5.41) is 6.42. The summed E-state index contributed by atoms with van der Waals surface area (Å²) in [5.41, 5.74) is 3.98. The van der Waals surface area contributed by atoms with Crippen molar-refractivity contribution in [1.29, 1.82) is 0 Å². The van der Waals surface area contributed by atoms with Gasteiger partial charge < -0.3 is 10.6 Å². The molecule has 2 heterocycles. The molecule has 2 N–H and O–H groups in total. The number of halogens is 2. The number of nitrogens with zero attached hydrogens (tertiary/aromatic N) is 3. The zero-order chi connectivity index (χ0) is 15.1. The maximum absolute atomic E-state index is 4.57. The van der Waals surface area contributed by atoms with Crippen LogP contribution in [0.3, 0.4) is 0 Å². The number of unbranched alkanes of at least 4 members (excludes halogenated alkanes) is 1. The third kappa shape index (κ3) is 6.69. The zero-order valence-electron chi connectivity index (χ0n) is 13.8. The monoisotopic (exact) mass is 357 g/mol. The number of rotatable bonds is 7. The second kappa shape index (κ2) is 11.2. The molecule has 128 valence electrons. The molecule has 0 aromatic carbocycles. The van der Waals surface area contributed by atoms with E-state index in [4.69, 9.17) is 0 Å². The summed E-state index contributed by atoms with van der Waals surface area (Å²) in [7, 11) is 1.97. The van der Waals surface area contributed by atoms with Gasteiger partial charge in [-0.15, -0.1) is 24.8 Å². The van der Waals surface area contributed by atoms with Crippen LogP contribution >= 0.6 is 24.8 Å². The van der Waals surface area contributed by atoms with Gasteiger partial charge in [-0.1, -0.05) is 0 Å². The van der Waals surface area contributed by atoms with Crippen LogP contribution < -0.4 is 10.6 Å². The van der Waals surface area contributed by atoms with Gasteiger partial charge in [0, 0.05) is 29.7 Å². The first-order chi connectivity index (χ1) is 10.2. The van der Waals surface area contributed by atoms with E-state index in [0.717, 1.165) is 48.6 Å². The van der Waals surface area contributed by atoms with Gasteiger partial charge in [0.05, 0.1) is 5.69 Å². The number of hydrogen-bond acceptors (Lipinski definition) is 5. The maximum atomic E-state index is 4.57. The maximum Gasteiger partial charge on any atom is 0.223 e. The molecule has 0 amide bonds. The summed E-state index contributed by atoms with van der Waals surface area (Å²) < 4.78 is 0. The fourth-order valence-electron chi connectivity index (χ4n) is 2.18. The Balaban J connectivity index is 0.00000242. The van der Waals surface area contributed by atoms with Crippen LogP contribution in [0.15, 0.2) is 24.4 Å². The molecule has 0 saturated carbocycles. The lowest BCUT2D eigenvalue weighted by molar-refractivity contribution is 0.693. The van der Waals surface area contributed by atoms with E-state index in [0.29, 0.717) is 5.95 Å². The van der Waals surface area contributed by atoms with Crippen LogP contribution in [0.2, 0.25) is 0 Å². The smallest absolute Gasteiger partial charge is 0.223 e. The van der Waals surface area contributed by atoms with Crippen molar-refractivity contribution in [1.82, 2.24) is 20.3 Å². The number of hydrogen-bond donors (Lipinski definition) is 2. The molecule has 2 rings (SSSR count). The predicted octanol–water partition coefficient (Wildman–Crippen LogP) is 3.41. The Morgan fingerprint density at radius 1 is 0.957 bits per heavy atom. The fraction of sp³-hybridized carbons (Fsp3) is 0.438. The van der Waals surface area contributed by atoms with E-state index >= 15 is 0 Å². The van der Waals surface area contributed by atoms with Crippen molar-refractivity contribution in [3.63, 3.8) is 0 Å². The molecule has 2 aromatic heterocycles. The Hall–Kier alpha value is -1.43. The van der Waals surface area contributed by atoms with E-state index in [1.165, 1.54) is 0 Å². The van der Waals surface area contributed by atoms with Crippen LogP contribution in [-0.4, -0.2) is 35.1 Å². The van der Waals surface area contributed by atoms with Crippen LogP contribution in [0.5, 0.6) is 0 Å². The quantitative estimate of drug-likeness (QED) is 0.743. The van der Waals surface area contributed by atoms with Crippen LogP contribution in [0, 0.1) is 13.8 Å². The molecule has 0 aliphatic rings. The predicted molar refractivity (Wildman–Crippen MR) is 101 cm³/mol. The van der Waals surface area contributed by atoms with Crippen LogP contribution in [0.1, 0.15) is 24.2 Å². The number of anilines is 1. The molecular weight excluding hydrogens is 333 g/mol. The van der Waals surface area contributed by atoms with E-state index < -0.39 is 0 Å². The molecule has 0 aliphatic heterocycles. The van der Waals surface area contributed by atoms with Gasteiger partial charge in [0.15, 0.2) is 0 Å². The summed E-state index contributed by atoms with van der Waals surface area (Å²) in [6, 6.07) is 6.00. The summed E-state index contributed by atoms with van der Waals surface area (Å²) in [6.45, 7) is 5.93. The van der Waals surface area contributed by atoms with Crippen molar-refractivity contribution in [2.45, 2.75) is 26.7 Å². The van der Waals surface area contributed by atoms with Crippen molar-refractivity contribution in [3.8, 4) is 11.3 Å². The van der Waals surface area contributed by atoms with E-state index in [9.17, 15) is 0 Å². The number of aromatic nitrogens is 3. The second-order valence-corrected chi connectivity index (χ2v) is 5.09. The number of aryl methyl sites for hydroxylation is 2. The van der Waals surface area contributed by atoms with E-state index in [1.807, 2.05) is 33.0 Å². The number of nitrogens with one attached hydrogen (secondary N) is 2. The number of pyridine rings is 1. The molecule has 0 atom stereocenters. The molecule has 0 spiro atoms. The Morgan fingerprint density at radius 2 is 1.70 bits per heavy atom. The lowest BCUT2D eigenvalue weighted by atomic mass is 10.1. The fourth-order valence-corrected chi connectivity index (χ4v) is 2.18. The van der Waals surface area contributed by atoms with Gasteiger partial charge in [-0.3, -0.25) is 4.98 Å². The average molecular weight is 358 g/mol. The lowest BCUT2D eigenvalue weighted by Crippen LogP contribution is -2.11. The lowest BCUT2D eigenvalue weighted by Gasteiger charge is -2.08. The molecule has 0 fully saturated rings. The minimum absolute atomic E-state index is 0. The van der Waals surface area contributed by atoms with E-state index in [2.05, 4.69) is 31.7 Å². The molecule has 23 heavy (non-hydrogen) atoms. The molecule has 0 aliphatic carbocycles. The molecule has 5 nitrogen and oxygen atoms in total. The van der Waals surface area contributed by atoms with E-state index in [1.54, 1.807) is 6.20 Å². The Labute approximate surface area is 150 Å². The second-order valence-electron chi connectivity index (χ2n) is 5.09. The minimum atomic E-state index is 0. The van der Waals surface area contributed by atoms with Gasteiger partial charge in [-0.2, -0.15) is 0 Å². The SMILES string of the molecule is CNCCCCNc1nccc(-c2ccc(C)nc2C)n1.Cl.Cl. The summed E-state index contributed by atoms with van der Waals surface area (Å²) in [5.74, 6) is 0.678. The molecule has 0 unspecified atom stereocenters. The van der Waals surface area contributed by atoms with Gasteiger partial charge in [0.1, 0.15) is 0 Å². The minimum Gasteiger partial charge on any atom is -0.354 e. The Bertz CT molecular complexity index is 592. The van der Waals surface area contributed by atoms with Crippen LogP contribution in [0.4, 0.5) is 5.95 Å². The molecular formula is C16H25Cl2N5. The highest BCUT2D eigenvalue weighted by Gasteiger charge is 2.06. The van der Waals surface area contributed by atoms with Crippen molar-refractivity contribution in [2.75, 3.05) is 25.5 Å². The normalized spacial score (nSPS) is 9.70. The first kappa shape index (κ1) is 21.6. The summed E-state index contributed by atoms with van der Waals surface area (Å²) in [4.78, 5) is 13.3. The highest BCUT2D eigenvalue weighted by Crippen LogP contribution is 2.20. The third-order valence-electron chi connectivity index (χ3n) is 3.29. The standard InChI is InChI=1S/C16H23N5.2ClH/c1-12-6-7-14(13(2)20-12)15-8-11-19-16(21-15)18-10-5-4-9-17-3;;/h6-8,11,17H,4-5,9-10H2,1-3H3,(H,18,19,21);2*1H. The molecule has 0 radical (unpaired) electrons. The largest absolute Gasteiger partial charge is 0.354 e. The highest BCUT2D eigenvalue weighted by molar-refractivity contribution is 5.85. The van der Waals surface area contributed by atoms with Gasteiger partial charge in [-0.25, -0.2) is 9.97 Å². The summed E-state index contributed by atoms with van der Waals surface area (Å²) in [6.07, 6.45) is 4.03. The molecule has 0 bridgehead atoms. The van der Waals surface area contributed by atoms with Crippen molar-refractivity contribution < 1.29 is 0 Å². The first-order valence-corrected chi connectivity index (χ1v) is 7.37. The van der Waals surface area contributed by atoms with Gasteiger partial charge in [-0.05, 0) is 58.5 Å².